The Hall–Kier alpha value is -2.34. The maximum absolute atomic E-state index is 12.4. The Labute approximate surface area is 155 Å². The summed E-state index contributed by atoms with van der Waals surface area (Å²) in [6, 6.07) is 15.1. The fourth-order valence-corrected chi connectivity index (χ4v) is 3.32. The minimum absolute atomic E-state index is 0.0345. The summed E-state index contributed by atoms with van der Waals surface area (Å²) < 4.78 is 6.10. The molecule has 6 heteroatoms. The van der Waals surface area contributed by atoms with E-state index in [0.717, 1.165) is 21.5 Å². The van der Waals surface area contributed by atoms with E-state index in [-0.39, 0.29) is 24.2 Å². The highest BCUT2D eigenvalue weighted by atomic mass is 79.9. The summed E-state index contributed by atoms with van der Waals surface area (Å²) in [6.45, 7) is 0.848. The van der Waals surface area contributed by atoms with E-state index in [0.29, 0.717) is 13.1 Å². The SMILES string of the molecule is COc1ccc(N2C[C@@H](C(=O)NCc3cccc(Br)c3)CC2=O)cc1. The molecule has 1 aliphatic rings. The van der Waals surface area contributed by atoms with Crippen LogP contribution in [0.3, 0.4) is 0 Å². The molecule has 5 nitrogen and oxygen atoms in total. The van der Waals surface area contributed by atoms with E-state index in [1.807, 2.05) is 48.5 Å². The van der Waals surface area contributed by atoms with Crippen LogP contribution in [0.4, 0.5) is 5.69 Å². The number of methoxy groups -OCH3 is 1. The normalized spacial score (nSPS) is 16.8. The molecule has 0 saturated carbocycles. The predicted molar refractivity (Wildman–Crippen MR) is 99.4 cm³/mol. The van der Waals surface area contributed by atoms with Gasteiger partial charge in [0.1, 0.15) is 5.75 Å². The quantitative estimate of drug-likeness (QED) is 0.835. The predicted octanol–water partition coefficient (Wildman–Crippen LogP) is 3.13. The summed E-state index contributed by atoms with van der Waals surface area (Å²) in [6.07, 6.45) is 0.232. The van der Waals surface area contributed by atoms with Crippen LogP contribution in [0.25, 0.3) is 0 Å². The summed E-state index contributed by atoms with van der Waals surface area (Å²) in [5, 5.41) is 2.92. The van der Waals surface area contributed by atoms with Crippen LogP contribution >= 0.6 is 15.9 Å². The van der Waals surface area contributed by atoms with E-state index in [1.54, 1.807) is 12.0 Å². The largest absolute Gasteiger partial charge is 0.497 e. The second-order valence-corrected chi connectivity index (χ2v) is 6.87. The Kier molecular flexibility index (Phi) is 5.38. The molecule has 0 aliphatic carbocycles. The number of hydrogen-bond donors (Lipinski definition) is 1. The molecule has 0 radical (unpaired) electrons. The van der Waals surface area contributed by atoms with E-state index in [9.17, 15) is 9.59 Å². The molecule has 130 valence electrons. The molecule has 2 amide bonds. The lowest BCUT2D eigenvalue weighted by Crippen LogP contribution is -2.32. The Morgan fingerprint density at radius 2 is 2.04 bits per heavy atom. The Bertz CT molecular complexity index is 776. The average Bonchev–Trinajstić information content (AvgIpc) is 3.02. The van der Waals surface area contributed by atoms with Crippen molar-refractivity contribution in [1.82, 2.24) is 5.32 Å². The van der Waals surface area contributed by atoms with Crippen molar-refractivity contribution in [2.24, 2.45) is 5.92 Å². The first-order chi connectivity index (χ1) is 12.1. The van der Waals surface area contributed by atoms with Crippen molar-refractivity contribution in [3.8, 4) is 5.75 Å². The molecule has 0 bridgehead atoms. The molecule has 25 heavy (non-hydrogen) atoms. The molecule has 3 rings (SSSR count). The number of nitrogens with one attached hydrogen (secondary N) is 1. The van der Waals surface area contributed by atoms with Gasteiger partial charge in [-0.15, -0.1) is 0 Å². The first kappa shape index (κ1) is 17.5. The summed E-state index contributed by atoms with van der Waals surface area (Å²) in [4.78, 5) is 26.3. The van der Waals surface area contributed by atoms with Crippen LogP contribution in [0.15, 0.2) is 53.0 Å². The van der Waals surface area contributed by atoms with Gasteiger partial charge in [0.25, 0.3) is 0 Å². The molecule has 1 heterocycles. The third-order valence-electron chi connectivity index (χ3n) is 4.24. The highest BCUT2D eigenvalue weighted by Gasteiger charge is 2.34. The zero-order chi connectivity index (χ0) is 17.8. The van der Waals surface area contributed by atoms with Gasteiger partial charge in [0.15, 0.2) is 0 Å². The van der Waals surface area contributed by atoms with E-state index in [4.69, 9.17) is 4.74 Å². The van der Waals surface area contributed by atoms with Gasteiger partial charge in [0.05, 0.1) is 13.0 Å². The van der Waals surface area contributed by atoms with Gasteiger partial charge in [0.2, 0.25) is 11.8 Å². The lowest BCUT2D eigenvalue weighted by Gasteiger charge is -2.17. The van der Waals surface area contributed by atoms with E-state index in [2.05, 4.69) is 21.2 Å². The van der Waals surface area contributed by atoms with Crippen LogP contribution in [-0.2, 0) is 16.1 Å². The molecule has 1 N–H and O–H groups in total. The monoisotopic (exact) mass is 402 g/mol. The topological polar surface area (TPSA) is 58.6 Å². The van der Waals surface area contributed by atoms with E-state index in [1.165, 1.54) is 0 Å². The molecule has 1 atom stereocenters. The van der Waals surface area contributed by atoms with Gasteiger partial charge in [-0.2, -0.15) is 0 Å². The second kappa shape index (κ2) is 7.70. The first-order valence-electron chi connectivity index (χ1n) is 8.03. The maximum Gasteiger partial charge on any atom is 0.227 e. The fraction of sp³-hybridized carbons (Fsp3) is 0.263. The zero-order valence-corrected chi connectivity index (χ0v) is 15.5. The van der Waals surface area contributed by atoms with Crippen molar-refractivity contribution in [3.05, 3.63) is 58.6 Å². The molecule has 0 aromatic heterocycles. The van der Waals surface area contributed by atoms with Gasteiger partial charge in [-0.1, -0.05) is 28.1 Å². The Balaban J connectivity index is 1.60. The van der Waals surface area contributed by atoms with Gasteiger partial charge in [-0.25, -0.2) is 0 Å². The standard InChI is InChI=1S/C19H19BrN2O3/c1-25-17-7-5-16(6-8-17)22-12-14(10-18(22)23)19(24)21-11-13-3-2-4-15(20)9-13/h2-9,14H,10-12H2,1H3,(H,21,24)/t14-/m0/s1. The maximum atomic E-state index is 12.4. The van der Waals surface area contributed by atoms with Crippen LogP contribution < -0.4 is 15.0 Å². The summed E-state index contributed by atoms with van der Waals surface area (Å²) in [5.41, 5.74) is 1.80. The van der Waals surface area contributed by atoms with Gasteiger partial charge in [-0.05, 0) is 42.0 Å². The van der Waals surface area contributed by atoms with Crippen molar-refractivity contribution in [2.45, 2.75) is 13.0 Å². The number of carbonyl (C=O) groups is 2. The highest BCUT2D eigenvalue weighted by molar-refractivity contribution is 9.10. The number of amides is 2. The number of hydrogen-bond acceptors (Lipinski definition) is 3. The molecular formula is C19H19BrN2O3. The Morgan fingerprint density at radius 1 is 1.28 bits per heavy atom. The number of nitrogens with zero attached hydrogens (tertiary/aromatic N) is 1. The molecule has 2 aromatic rings. The smallest absolute Gasteiger partial charge is 0.227 e. The van der Waals surface area contributed by atoms with Crippen molar-refractivity contribution < 1.29 is 14.3 Å². The van der Waals surface area contributed by atoms with Crippen LogP contribution in [0.2, 0.25) is 0 Å². The van der Waals surface area contributed by atoms with Gasteiger partial charge in [0, 0.05) is 29.7 Å². The van der Waals surface area contributed by atoms with Gasteiger partial charge in [-0.3, -0.25) is 9.59 Å². The molecule has 0 unspecified atom stereocenters. The van der Waals surface area contributed by atoms with Gasteiger partial charge >= 0.3 is 0 Å². The fourth-order valence-electron chi connectivity index (χ4n) is 2.88. The average molecular weight is 403 g/mol. The van der Waals surface area contributed by atoms with Gasteiger partial charge < -0.3 is 15.0 Å². The number of ether oxygens (including phenoxy) is 1. The molecular weight excluding hydrogens is 384 g/mol. The first-order valence-corrected chi connectivity index (χ1v) is 8.82. The third kappa shape index (κ3) is 4.20. The molecule has 0 spiro atoms. The summed E-state index contributed by atoms with van der Waals surface area (Å²) in [5.74, 6) is 0.276. The second-order valence-electron chi connectivity index (χ2n) is 5.95. The Morgan fingerprint density at radius 3 is 2.72 bits per heavy atom. The summed E-state index contributed by atoms with van der Waals surface area (Å²) in [7, 11) is 1.60. The van der Waals surface area contributed by atoms with Crippen LogP contribution in [0, 0.1) is 5.92 Å². The minimum Gasteiger partial charge on any atom is -0.497 e. The lowest BCUT2D eigenvalue weighted by molar-refractivity contribution is -0.126. The lowest BCUT2D eigenvalue weighted by atomic mass is 10.1. The number of halogens is 1. The number of rotatable bonds is 5. The third-order valence-corrected chi connectivity index (χ3v) is 4.73. The minimum atomic E-state index is -0.332. The van der Waals surface area contributed by atoms with Crippen LogP contribution in [0.5, 0.6) is 5.75 Å². The van der Waals surface area contributed by atoms with E-state index >= 15 is 0 Å². The van der Waals surface area contributed by atoms with Crippen LogP contribution in [0.1, 0.15) is 12.0 Å². The van der Waals surface area contributed by atoms with Crippen molar-refractivity contribution in [3.63, 3.8) is 0 Å². The van der Waals surface area contributed by atoms with E-state index < -0.39 is 0 Å². The molecule has 1 saturated heterocycles. The number of carbonyl (C=O) groups excluding carboxylic acids is 2. The summed E-state index contributed by atoms with van der Waals surface area (Å²) >= 11 is 3.41. The number of anilines is 1. The highest BCUT2D eigenvalue weighted by Crippen LogP contribution is 2.27. The molecule has 2 aromatic carbocycles. The van der Waals surface area contributed by atoms with Crippen LogP contribution in [-0.4, -0.2) is 25.5 Å². The molecule has 1 aliphatic heterocycles. The number of benzene rings is 2. The van der Waals surface area contributed by atoms with Crippen molar-refractivity contribution >= 4 is 33.4 Å². The van der Waals surface area contributed by atoms with Crippen molar-refractivity contribution in [2.75, 3.05) is 18.6 Å². The zero-order valence-electron chi connectivity index (χ0n) is 13.9. The van der Waals surface area contributed by atoms with Crippen molar-refractivity contribution in [1.29, 1.82) is 0 Å². The molecule has 1 fully saturated rings.